The van der Waals surface area contributed by atoms with E-state index in [1.54, 1.807) is 0 Å². The Balaban J connectivity index is 2.42. The molecule has 0 unspecified atom stereocenters. The first-order chi connectivity index (χ1) is 6.69. The van der Waals surface area contributed by atoms with Gasteiger partial charge in [0.2, 0.25) is 0 Å². The Morgan fingerprint density at radius 1 is 1.36 bits per heavy atom. The van der Waals surface area contributed by atoms with Crippen molar-refractivity contribution in [3.8, 4) is 0 Å². The van der Waals surface area contributed by atoms with Gasteiger partial charge in [-0.15, -0.1) is 0 Å². The van der Waals surface area contributed by atoms with Crippen molar-refractivity contribution < 1.29 is 14.7 Å². The van der Waals surface area contributed by atoms with E-state index in [2.05, 4.69) is 9.89 Å². The molecule has 1 aliphatic carbocycles. The summed E-state index contributed by atoms with van der Waals surface area (Å²) < 4.78 is 4.66. The molecular formula is C9H14ClNO3. The zero-order chi connectivity index (χ0) is 10.6. The monoisotopic (exact) mass is 219 g/mol. The van der Waals surface area contributed by atoms with Crippen LogP contribution in [0.1, 0.15) is 25.7 Å². The number of nitrogens with zero attached hydrogens (tertiary/aromatic N) is 1. The smallest absolute Gasteiger partial charge is 0.308 e. The van der Waals surface area contributed by atoms with Gasteiger partial charge in [0.25, 0.3) is 0 Å². The van der Waals surface area contributed by atoms with Crippen LogP contribution in [0.5, 0.6) is 0 Å². The molecule has 0 amide bonds. The second kappa shape index (κ2) is 5.20. The molecule has 80 valence electrons. The molecule has 0 bridgehead atoms. The topological polar surface area (TPSA) is 58.9 Å². The summed E-state index contributed by atoms with van der Waals surface area (Å²) in [6.07, 6.45) is 3.07. The third kappa shape index (κ3) is 2.61. The Labute approximate surface area is 87.9 Å². The van der Waals surface area contributed by atoms with Gasteiger partial charge in [0, 0.05) is 5.92 Å². The molecule has 0 aromatic rings. The van der Waals surface area contributed by atoms with E-state index >= 15 is 0 Å². The molecule has 0 spiro atoms. The van der Waals surface area contributed by atoms with Crippen LogP contribution in [0.3, 0.4) is 0 Å². The van der Waals surface area contributed by atoms with Crippen LogP contribution < -0.4 is 0 Å². The Hall–Kier alpha value is -0.770. The number of esters is 1. The Morgan fingerprint density at radius 2 is 1.86 bits per heavy atom. The number of carbonyl (C=O) groups excluding carboxylic acids is 1. The minimum atomic E-state index is -0.152. The molecule has 0 heterocycles. The summed E-state index contributed by atoms with van der Waals surface area (Å²) in [5, 5.41) is 11.7. The van der Waals surface area contributed by atoms with Gasteiger partial charge >= 0.3 is 5.97 Å². The van der Waals surface area contributed by atoms with Crippen LogP contribution in [0.25, 0.3) is 0 Å². The minimum Gasteiger partial charge on any atom is -0.469 e. The molecule has 1 fully saturated rings. The lowest BCUT2D eigenvalue weighted by atomic mass is 9.82. The van der Waals surface area contributed by atoms with E-state index in [-0.39, 0.29) is 23.0 Å². The lowest BCUT2D eigenvalue weighted by Crippen LogP contribution is -2.25. The molecule has 0 saturated heterocycles. The SMILES string of the molecule is COC(=O)[C@H]1CC[C@H](/C(Cl)=N/O)CC1. The molecular weight excluding hydrogens is 206 g/mol. The van der Waals surface area contributed by atoms with Crippen LogP contribution in [-0.2, 0) is 9.53 Å². The fourth-order valence-electron chi connectivity index (χ4n) is 1.82. The highest BCUT2D eigenvalue weighted by atomic mass is 35.5. The van der Waals surface area contributed by atoms with Crippen molar-refractivity contribution in [1.29, 1.82) is 0 Å². The van der Waals surface area contributed by atoms with Crippen molar-refractivity contribution >= 4 is 22.7 Å². The molecule has 1 saturated carbocycles. The highest BCUT2D eigenvalue weighted by molar-refractivity contribution is 6.65. The first-order valence-corrected chi connectivity index (χ1v) is 5.02. The zero-order valence-corrected chi connectivity index (χ0v) is 8.83. The van der Waals surface area contributed by atoms with Crippen LogP contribution in [-0.4, -0.2) is 23.5 Å². The van der Waals surface area contributed by atoms with Crippen molar-refractivity contribution in [3.05, 3.63) is 0 Å². The fourth-order valence-corrected chi connectivity index (χ4v) is 2.03. The largest absolute Gasteiger partial charge is 0.469 e. The molecule has 0 atom stereocenters. The average molecular weight is 220 g/mol. The Morgan fingerprint density at radius 3 is 2.29 bits per heavy atom. The summed E-state index contributed by atoms with van der Waals surface area (Å²) in [7, 11) is 1.40. The molecule has 0 radical (unpaired) electrons. The highest BCUT2D eigenvalue weighted by Crippen LogP contribution is 2.31. The number of oxime groups is 1. The van der Waals surface area contributed by atoms with Gasteiger partial charge in [0.05, 0.1) is 13.0 Å². The van der Waals surface area contributed by atoms with E-state index in [1.165, 1.54) is 7.11 Å². The van der Waals surface area contributed by atoms with Gasteiger partial charge in [-0.25, -0.2) is 0 Å². The van der Waals surface area contributed by atoms with Crippen LogP contribution in [0.4, 0.5) is 0 Å². The van der Waals surface area contributed by atoms with E-state index in [0.29, 0.717) is 0 Å². The average Bonchev–Trinajstić information content (AvgIpc) is 2.27. The van der Waals surface area contributed by atoms with Crippen molar-refractivity contribution in [2.24, 2.45) is 17.0 Å². The second-order valence-electron chi connectivity index (χ2n) is 3.49. The summed E-state index contributed by atoms with van der Waals surface area (Å²) in [6.45, 7) is 0. The summed E-state index contributed by atoms with van der Waals surface area (Å²) in [4.78, 5) is 11.2. The van der Waals surface area contributed by atoms with Crippen LogP contribution in [0.2, 0.25) is 0 Å². The predicted octanol–water partition coefficient (Wildman–Crippen LogP) is 1.99. The van der Waals surface area contributed by atoms with Crippen molar-refractivity contribution in [3.63, 3.8) is 0 Å². The first kappa shape index (κ1) is 11.3. The molecule has 14 heavy (non-hydrogen) atoms. The maximum Gasteiger partial charge on any atom is 0.308 e. The summed E-state index contributed by atoms with van der Waals surface area (Å²) in [5.74, 6) is -0.0671. The standard InChI is InChI=1S/C9H14ClNO3/c1-14-9(12)7-4-2-6(3-5-7)8(10)11-13/h6-7,13H,2-5H2,1H3/b11-8-/t6-,7-. The van der Waals surface area contributed by atoms with Gasteiger partial charge in [0.1, 0.15) is 5.17 Å². The maximum absolute atomic E-state index is 11.2. The number of carbonyl (C=O) groups is 1. The normalized spacial score (nSPS) is 28.6. The third-order valence-electron chi connectivity index (χ3n) is 2.69. The molecule has 1 rings (SSSR count). The minimum absolute atomic E-state index is 0.0144. The lowest BCUT2D eigenvalue weighted by Gasteiger charge is -2.25. The van der Waals surface area contributed by atoms with Crippen LogP contribution in [0.15, 0.2) is 5.16 Å². The molecule has 1 aliphatic rings. The van der Waals surface area contributed by atoms with E-state index < -0.39 is 0 Å². The van der Waals surface area contributed by atoms with Crippen LogP contribution in [0, 0.1) is 11.8 Å². The molecule has 4 nitrogen and oxygen atoms in total. The molecule has 0 aromatic heterocycles. The molecule has 5 heteroatoms. The number of hydrogen-bond acceptors (Lipinski definition) is 4. The van der Waals surface area contributed by atoms with Gasteiger partial charge in [-0.2, -0.15) is 0 Å². The fraction of sp³-hybridized carbons (Fsp3) is 0.778. The Kier molecular flexibility index (Phi) is 4.20. The van der Waals surface area contributed by atoms with Gasteiger partial charge in [0.15, 0.2) is 0 Å². The molecule has 1 N–H and O–H groups in total. The molecule has 0 aromatic carbocycles. The van der Waals surface area contributed by atoms with Crippen molar-refractivity contribution in [2.45, 2.75) is 25.7 Å². The zero-order valence-electron chi connectivity index (χ0n) is 8.07. The number of rotatable bonds is 2. The summed E-state index contributed by atoms with van der Waals surface area (Å²) in [5.41, 5.74) is 0. The number of hydrogen-bond donors (Lipinski definition) is 1. The van der Waals surface area contributed by atoms with Crippen molar-refractivity contribution in [2.75, 3.05) is 7.11 Å². The van der Waals surface area contributed by atoms with Gasteiger partial charge < -0.3 is 9.94 Å². The lowest BCUT2D eigenvalue weighted by molar-refractivity contribution is -0.146. The van der Waals surface area contributed by atoms with E-state index in [1.807, 2.05) is 0 Å². The van der Waals surface area contributed by atoms with Gasteiger partial charge in [-0.05, 0) is 25.7 Å². The number of methoxy groups -OCH3 is 1. The maximum atomic E-state index is 11.2. The van der Waals surface area contributed by atoms with E-state index in [9.17, 15) is 4.79 Å². The number of ether oxygens (including phenoxy) is 1. The summed E-state index contributed by atoms with van der Waals surface area (Å²) >= 11 is 5.69. The van der Waals surface area contributed by atoms with Crippen LogP contribution >= 0.6 is 11.6 Å². The molecule has 0 aliphatic heterocycles. The summed E-state index contributed by atoms with van der Waals surface area (Å²) in [6, 6.07) is 0. The first-order valence-electron chi connectivity index (χ1n) is 4.64. The second-order valence-corrected chi connectivity index (χ2v) is 3.88. The highest BCUT2D eigenvalue weighted by Gasteiger charge is 2.28. The van der Waals surface area contributed by atoms with Crippen molar-refractivity contribution in [1.82, 2.24) is 0 Å². The quantitative estimate of drug-likeness (QED) is 0.334. The van der Waals surface area contributed by atoms with Gasteiger partial charge in [-0.3, -0.25) is 4.79 Å². The Bertz CT molecular complexity index is 234. The third-order valence-corrected chi connectivity index (χ3v) is 3.08. The van der Waals surface area contributed by atoms with E-state index in [0.717, 1.165) is 25.7 Å². The van der Waals surface area contributed by atoms with E-state index in [4.69, 9.17) is 16.8 Å². The predicted molar refractivity (Wildman–Crippen MR) is 52.5 cm³/mol. The van der Waals surface area contributed by atoms with Gasteiger partial charge in [-0.1, -0.05) is 16.8 Å². The number of halogens is 1.